The normalized spacial score (nSPS) is 9.70. The van der Waals surface area contributed by atoms with Crippen LogP contribution in [0.5, 0.6) is 5.75 Å². The molecule has 0 aliphatic rings. The maximum Gasteiger partial charge on any atom is 0.314 e. The molecule has 0 saturated heterocycles. The van der Waals surface area contributed by atoms with Gasteiger partial charge in [-0.3, -0.25) is 4.79 Å². The van der Waals surface area contributed by atoms with Crippen LogP contribution >= 0.6 is 0 Å². The summed E-state index contributed by atoms with van der Waals surface area (Å²) in [5, 5.41) is 5.30. The number of hydrogen-bond acceptors (Lipinski definition) is 4. The van der Waals surface area contributed by atoms with E-state index in [2.05, 4.69) is 15.4 Å². The average Bonchev–Trinajstić information content (AvgIpc) is 2.47. The van der Waals surface area contributed by atoms with Gasteiger partial charge in [-0.1, -0.05) is 18.2 Å². The van der Waals surface area contributed by atoms with E-state index in [-0.39, 0.29) is 25.0 Å². The Balaban J connectivity index is 2.23. The van der Waals surface area contributed by atoms with Crippen LogP contribution < -0.4 is 15.4 Å². The summed E-state index contributed by atoms with van der Waals surface area (Å²) >= 11 is 0. The molecule has 0 saturated carbocycles. The third-order valence-electron chi connectivity index (χ3n) is 2.71. The summed E-state index contributed by atoms with van der Waals surface area (Å²) in [5.41, 5.74) is 1.03. The Morgan fingerprint density at radius 3 is 2.50 bits per heavy atom. The number of carbonyl (C=O) groups excluding carboxylic acids is 2. The highest BCUT2D eigenvalue weighted by atomic mass is 16.5. The first-order valence-corrected chi connectivity index (χ1v) is 6.37. The lowest BCUT2D eigenvalue weighted by Gasteiger charge is -2.09. The first-order chi connectivity index (χ1) is 9.67. The molecule has 1 aromatic rings. The summed E-state index contributed by atoms with van der Waals surface area (Å²) in [6, 6.07) is 7.36. The molecule has 0 radical (unpaired) electrons. The molecule has 0 heterocycles. The number of nitrogens with one attached hydrogen (secondary N) is 2. The number of rotatable bonds is 7. The van der Waals surface area contributed by atoms with Crippen LogP contribution in [-0.4, -0.2) is 39.3 Å². The summed E-state index contributed by atoms with van der Waals surface area (Å²) < 4.78 is 9.70. The lowest BCUT2D eigenvalue weighted by Crippen LogP contribution is -2.37. The van der Waals surface area contributed by atoms with Gasteiger partial charge in [-0.2, -0.15) is 0 Å². The van der Waals surface area contributed by atoms with Gasteiger partial charge in [0.25, 0.3) is 0 Å². The van der Waals surface area contributed by atoms with Crippen molar-refractivity contribution in [3.05, 3.63) is 29.8 Å². The molecule has 2 amide bonds. The van der Waals surface area contributed by atoms with Crippen molar-refractivity contribution < 1.29 is 19.1 Å². The number of esters is 1. The van der Waals surface area contributed by atoms with E-state index in [1.807, 2.05) is 24.3 Å². The van der Waals surface area contributed by atoms with E-state index in [9.17, 15) is 9.59 Å². The molecule has 0 unspecified atom stereocenters. The Bertz CT molecular complexity index is 449. The number of ether oxygens (including phenoxy) is 2. The van der Waals surface area contributed by atoms with Crippen molar-refractivity contribution >= 4 is 12.0 Å². The number of carbonyl (C=O) groups is 2. The molecule has 6 heteroatoms. The van der Waals surface area contributed by atoms with E-state index in [0.717, 1.165) is 11.3 Å². The summed E-state index contributed by atoms with van der Waals surface area (Å²) in [4.78, 5) is 22.3. The number of hydrogen-bond donors (Lipinski definition) is 2. The molecule has 0 aromatic heterocycles. The Morgan fingerprint density at radius 2 is 1.80 bits per heavy atom. The number of benzene rings is 1. The highest BCUT2D eigenvalue weighted by Crippen LogP contribution is 2.17. The summed E-state index contributed by atoms with van der Waals surface area (Å²) in [6.45, 7) is 0.748. The van der Waals surface area contributed by atoms with Crippen LogP contribution in [0.4, 0.5) is 4.79 Å². The number of methoxy groups -OCH3 is 2. The van der Waals surface area contributed by atoms with Crippen molar-refractivity contribution in [1.82, 2.24) is 10.6 Å². The molecule has 6 nitrogen and oxygen atoms in total. The van der Waals surface area contributed by atoms with Crippen molar-refractivity contribution in [1.29, 1.82) is 0 Å². The molecule has 0 aliphatic heterocycles. The summed E-state index contributed by atoms with van der Waals surface area (Å²) in [7, 11) is 2.93. The topological polar surface area (TPSA) is 76.7 Å². The van der Waals surface area contributed by atoms with E-state index in [1.165, 1.54) is 7.11 Å². The smallest absolute Gasteiger partial charge is 0.314 e. The number of amides is 2. The molecule has 2 N–H and O–H groups in total. The molecule has 1 aromatic carbocycles. The van der Waals surface area contributed by atoms with Crippen LogP contribution in [0.2, 0.25) is 0 Å². The van der Waals surface area contributed by atoms with Crippen LogP contribution in [-0.2, 0) is 16.0 Å². The van der Waals surface area contributed by atoms with Gasteiger partial charge in [0.2, 0.25) is 0 Å². The molecule has 110 valence electrons. The summed E-state index contributed by atoms with van der Waals surface area (Å²) in [6.07, 6.45) is 0.838. The first kappa shape index (κ1) is 15.8. The van der Waals surface area contributed by atoms with E-state index < -0.39 is 0 Å². The van der Waals surface area contributed by atoms with Gasteiger partial charge in [-0.25, -0.2) is 4.79 Å². The quantitative estimate of drug-likeness (QED) is 0.733. The predicted octanol–water partition coefficient (Wildman–Crippen LogP) is 1.10. The average molecular weight is 280 g/mol. The lowest BCUT2D eigenvalue weighted by atomic mass is 10.1. The minimum absolute atomic E-state index is 0.163. The fourth-order valence-corrected chi connectivity index (χ4v) is 1.66. The van der Waals surface area contributed by atoms with Crippen LogP contribution in [0.25, 0.3) is 0 Å². The fraction of sp³-hybridized carbons (Fsp3) is 0.429. The second kappa shape index (κ2) is 8.79. The Hall–Kier alpha value is -2.24. The van der Waals surface area contributed by atoms with Crippen molar-refractivity contribution in [3.8, 4) is 5.75 Å². The maximum absolute atomic E-state index is 11.5. The van der Waals surface area contributed by atoms with Crippen molar-refractivity contribution in [3.63, 3.8) is 0 Å². The molecular formula is C14H20N2O4. The molecule has 0 atom stereocenters. The van der Waals surface area contributed by atoms with E-state index in [0.29, 0.717) is 13.0 Å². The van der Waals surface area contributed by atoms with E-state index >= 15 is 0 Å². The monoisotopic (exact) mass is 280 g/mol. The highest BCUT2D eigenvalue weighted by Gasteiger charge is 2.04. The van der Waals surface area contributed by atoms with Crippen LogP contribution in [0.3, 0.4) is 0 Å². The Morgan fingerprint density at radius 1 is 1.10 bits per heavy atom. The van der Waals surface area contributed by atoms with Crippen molar-refractivity contribution in [2.75, 3.05) is 27.3 Å². The molecule has 1 rings (SSSR count). The molecule has 20 heavy (non-hydrogen) atoms. The third kappa shape index (κ3) is 5.60. The lowest BCUT2D eigenvalue weighted by molar-refractivity contribution is -0.140. The zero-order valence-electron chi connectivity index (χ0n) is 11.8. The van der Waals surface area contributed by atoms with Crippen LogP contribution in [0.15, 0.2) is 24.3 Å². The zero-order valence-corrected chi connectivity index (χ0v) is 11.8. The Labute approximate surface area is 118 Å². The first-order valence-electron chi connectivity index (χ1n) is 6.37. The van der Waals surface area contributed by atoms with Gasteiger partial charge in [0, 0.05) is 13.1 Å². The van der Waals surface area contributed by atoms with Gasteiger partial charge in [-0.05, 0) is 18.1 Å². The van der Waals surface area contributed by atoms with E-state index in [1.54, 1.807) is 7.11 Å². The molecule has 0 aliphatic carbocycles. The van der Waals surface area contributed by atoms with Crippen molar-refractivity contribution in [2.24, 2.45) is 0 Å². The predicted molar refractivity (Wildman–Crippen MR) is 74.7 cm³/mol. The molecular weight excluding hydrogens is 260 g/mol. The zero-order chi connectivity index (χ0) is 14.8. The molecule has 0 fully saturated rings. The standard InChI is InChI=1S/C14H20N2O4/c1-19-12-6-4-3-5-11(12)7-9-15-14(18)16-10-8-13(17)20-2/h3-6H,7-10H2,1-2H3,(H2,15,16,18). The van der Waals surface area contributed by atoms with Gasteiger partial charge >= 0.3 is 12.0 Å². The largest absolute Gasteiger partial charge is 0.496 e. The second-order valence-corrected chi connectivity index (χ2v) is 4.07. The minimum atomic E-state index is -0.348. The number of urea groups is 1. The van der Waals surface area contributed by atoms with Gasteiger partial charge in [0.05, 0.1) is 20.6 Å². The van der Waals surface area contributed by atoms with Crippen LogP contribution in [0.1, 0.15) is 12.0 Å². The van der Waals surface area contributed by atoms with Gasteiger partial charge < -0.3 is 20.1 Å². The second-order valence-electron chi connectivity index (χ2n) is 4.07. The van der Waals surface area contributed by atoms with Gasteiger partial charge in [-0.15, -0.1) is 0 Å². The minimum Gasteiger partial charge on any atom is -0.496 e. The van der Waals surface area contributed by atoms with Crippen LogP contribution in [0, 0.1) is 0 Å². The highest BCUT2D eigenvalue weighted by molar-refractivity contribution is 5.75. The maximum atomic E-state index is 11.5. The van der Waals surface area contributed by atoms with Gasteiger partial charge in [0.1, 0.15) is 5.75 Å². The van der Waals surface area contributed by atoms with Gasteiger partial charge in [0.15, 0.2) is 0 Å². The fourth-order valence-electron chi connectivity index (χ4n) is 1.66. The molecule has 0 bridgehead atoms. The molecule has 0 spiro atoms. The Kier molecular flexibility index (Phi) is 6.95. The summed E-state index contributed by atoms with van der Waals surface area (Å²) in [5.74, 6) is 0.458. The van der Waals surface area contributed by atoms with Crippen molar-refractivity contribution in [2.45, 2.75) is 12.8 Å². The number of para-hydroxylation sites is 1. The van der Waals surface area contributed by atoms with E-state index in [4.69, 9.17) is 4.74 Å². The SMILES string of the molecule is COC(=O)CCNC(=O)NCCc1ccccc1OC. The third-order valence-corrected chi connectivity index (χ3v) is 2.71.